The molecule has 0 atom stereocenters. The van der Waals surface area contributed by atoms with Crippen molar-refractivity contribution >= 4 is 16.9 Å². The van der Waals surface area contributed by atoms with Gasteiger partial charge in [0.15, 0.2) is 5.65 Å². The normalized spacial score (nSPS) is 14.5. The standard InChI is InChI=1S/C30H29N5/c1-23-10-8-9-15-27(23)35-21-26(25-13-6-3-7-14-25)28-29(31-22-32-30(28)35)34-18-16-33(17-19-34)20-24-11-4-2-5-12-24/h2-15,21-22H,16-20H2,1H3. The SMILES string of the molecule is Cc1ccccc1-n1cc(-c2ccccc2)c2c(N3CCN(Cc4ccccc4)CC3)ncnc21. The second-order valence-corrected chi connectivity index (χ2v) is 9.21. The zero-order valence-electron chi connectivity index (χ0n) is 20.0. The molecule has 1 aliphatic rings. The lowest BCUT2D eigenvalue weighted by Gasteiger charge is -2.35. The minimum absolute atomic E-state index is 0.947. The zero-order chi connectivity index (χ0) is 23.6. The van der Waals surface area contributed by atoms with Crippen molar-refractivity contribution in [1.29, 1.82) is 0 Å². The van der Waals surface area contributed by atoms with E-state index in [9.17, 15) is 0 Å². The summed E-state index contributed by atoms with van der Waals surface area (Å²) >= 11 is 0. The third-order valence-corrected chi connectivity index (χ3v) is 6.94. The van der Waals surface area contributed by atoms with Crippen LogP contribution in [-0.4, -0.2) is 45.6 Å². The van der Waals surface area contributed by atoms with Crippen molar-refractivity contribution in [3.05, 3.63) is 109 Å². The van der Waals surface area contributed by atoms with E-state index in [2.05, 4.69) is 112 Å². The number of piperazine rings is 1. The fourth-order valence-corrected chi connectivity index (χ4v) is 5.10. The van der Waals surface area contributed by atoms with E-state index in [1.807, 2.05) is 0 Å². The topological polar surface area (TPSA) is 37.2 Å². The smallest absolute Gasteiger partial charge is 0.150 e. The van der Waals surface area contributed by atoms with Crippen LogP contribution < -0.4 is 4.90 Å². The third kappa shape index (κ3) is 4.19. The Morgan fingerprint density at radius 1 is 0.743 bits per heavy atom. The number of aromatic nitrogens is 3. The average Bonchev–Trinajstić information content (AvgIpc) is 3.30. The molecule has 0 amide bonds. The van der Waals surface area contributed by atoms with E-state index >= 15 is 0 Å². The largest absolute Gasteiger partial charge is 0.353 e. The minimum atomic E-state index is 0.947. The van der Waals surface area contributed by atoms with Gasteiger partial charge < -0.3 is 9.47 Å². The quantitative estimate of drug-likeness (QED) is 0.337. The van der Waals surface area contributed by atoms with Crippen LogP contribution >= 0.6 is 0 Å². The summed E-state index contributed by atoms with van der Waals surface area (Å²) in [6.07, 6.45) is 3.95. The molecular weight excluding hydrogens is 430 g/mol. The van der Waals surface area contributed by atoms with Crippen molar-refractivity contribution in [2.75, 3.05) is 31.1 Å². The average molecular weight is 460 g/mol. The van der Waals surface area contributed by atoms with Gasteiger partial charge in [-0.3, -0.25) is 4.90 Å². The van der Waals surface area contributed by atoms with E-state index < -0.39 is 0 Å². The van der Waals surface area contributed by atoms with Gasteiger partial charge in [-0.15, -0.1) is 0 Å². The molecule has 0 spiro atoms. The number of nitrogens with zero attached hydrogens (tertiary/aromatic N) is 5. The first-order valence-electron chi connectivity index (χ1n) is 12.3. The molecule has 174 valence electrons. The molecular formula is C30H29N5. The molecule has 0 saturated carbocycles. The van der Waals surface area contributed by atoms with Crippen LogP contribution in [0.4, 0.5) is 5.82 Å². The Kier molecular flexibility index (Phi) is 5.76. The second-order valence-electron chi connectivity index (χ2n) is 9.21. The lowest BCUT2D eigenvalue weighted by molar-refractivity contribution is 0.249. The van der Waals surface area contributed by atoms with E-state index in [4.69, 9.17) is 9.97 Å². The first-order valence-corrected chi connectivity index (χ1v) is 12.3. The number of anilines is 1. The highest BCUT2D eigenvalue weighted by Crippen LogP contribution is 2.37. The van der Waals surface area contributed by atoms with Gasteiger partial charge >= 0.3 is 0 Å². The summed E-state index contributed by atoms with van der Waals surface area (Å²) in [5.74, 6) is 1.03. The summed E-state index contributed by atoms with van der Waals surface area (Å²) in [7, 11) is 0. The second kappa shape index (κ2) is 9.35. The number of hydrogen-bond donors (Lipinski definition) is 0. The molecule has 3 heterocycles. The highest BCUT2D eigenvalue weighted by atomic mass is 15.3. The Morgan fingerprint density at radius 2 is 1.43 bits per heavy atom. The number of para-hydroxylation sites is 1. The molecule has 0 aliphatic carbocycles. The van der Waals surface area contributed by atoms with Crippen molar-refractivity contribution in [3.8, 4) is 16.8 Å². The van der Waals surface area contributed by atoms with Gasteiger partial charge in [0.2, 0.25) is 0 Å². The fraction of sp³-hybridized carbons (Fsp3) is 0.200. The van der Waals surface area contributed by atoms with Crippen LogP contribution in [0.3, 0.4) is 0 Å². The molecule has 0 bridgehead atoms. The predicted molar refractivity (Wildman–Crippen MR) is 143 cm³/mol. The van der Waals surface area contributed by atoms with Gasteiger partial charge in [-0.1, -0.05) is 78.9 Å². The van der Waals surface area contributed by atoms with Crippen LogP contribution in [0.1, 0.15) is 11.1 Å². The van der Waals surface area contributed by atoms with Gasteiger partial charge in [-0.25, -0.2) is 9.97 Å². The van der Waals surface area contributed by atoms with E-state index in [0.717, 1.165) is 55.3 Å². The minimum Gasteiger partial charge on any atom is -0.353 e. The maximum Gasteiger partial charge on any atom is 0.150 e. The molecule has 2 aromatic heterocycles. The van der Waals surface area contributed by atoms with Crippen molar-refractivity contribution in [2.45, 2.75) is 13.5 Å². The number of fused-ring (bicyclic) bond motifs is 1. The molecule has 0 radical (unpaired) electrons. The first kappa shape index (κ1) is 21.6. The van der Waals surface area contributed by atoms with Gasteiger partial charge in [0.05, 0.1) is 5.39 Å². The molecule has 5 heteroatoms. The van der Waals surface area contributed by atoms with Gasteiger partial charge in [0, 0.05) is 50.2 Å². The fourth-order valence-electron chi connectivity index (χ4n) is 5.10. The number of benzene rings is 3. The number of rotatable bonds is 5. The molecule has 0 unspecified atom stereocenters. The molecule has 5 nitrogen and oxygen atoms in total. The summed E-state index contributed by atoms with van der Waals surface area (Å²) in [6.45, 7) is 7.06. The van der Waals surface area contributed by atoms with Crippen molar-refractivity contribution < 1.29 is 0 Å². The van der Waals surface area contributed by atoms with E-state index in [0.29, 0.717) is 0 Å². The monoisotopic (exact) mass is 459 g/mol. The van der Waals surface area contributed by atoms with Gasteiger partial charge in [-0.2, -0.15) is 0 Å². The van der Waals surface area contributed by atoms with Gasteiger partial charge in [-0.05, 0) is 29.7 Å². The van der Waals surface area contributed by atoms with E-state index in [1.54, 1.807) is 6.33 Å². The summed E-state index contributed by atoms with van der Waals surface area (Å²) < 4.78 is 2.23. The summed E-state index contributed by atoms with van der Waals surface area (Å²) in [5.41, 5.74) is 7.05. The van der Waals surface area contributed by atoms with Crippen LogP contribution in [0.25, 0.3) is 27.8 Å². The first-order chi connectivity index (χ1) is 17.3. The molecule has 1 saturated heterocycles. The lowest BCUT2D eigenvalue weighted by Crippen LogP contribution is -2.46. The van der Waals surface area contributed by atoms with Crippen molar-refractivity contribution in [2.24, 2.45) is 0 Å². The molecule has 0 N–H and O–H groups in total. The lowest BCUT2D eigenvalue weighted by atomic mass is 10.1. The summed E-state index contributed by atoms with van der Waals surface area (Å²) in [4.78, 5) is 14.6. The maximum absolute atomic E-state index is 4.84. The van der Waals surface area contributed by atoms with E-state index in [1.165, 1.54) is 22.3 Å². The van der Waals surface area contributed by atoms with Crippen LogP contribution in [-0.2, 0) is 6.54 Å². The maximum atomic E-state index is 4.84. The van der Waals surface area contributed by atoms with Crippen LogP contribution in [0, 0.1) is 6.92 Å². The molecule has 6 rings (SSSR count). The molecule has 3 aromatic carbocycles. The molecule has 1 aliphatic heterocycles. The van der Waals surface area contributed by atoms with Crippen LogP contribution in [0.15, 0.2) is 97.5 Å². The van der Waals surface area contributed by atoms with Crippen LogP contribution in [0.2, 0.25) is 0 Å². The number of hydrogen-bond acceptors (Lipinski definition) is 4. The van der Waals surface area contributed by atoms with Crippen LogP contribution in [0.5, 0.6) is 0 Å². The molecule has 5 aromatic rings. The predicted octanol–water partition coefficient (Wildman–Crippen LogP) is 5.72. The third-order valence-electron chi connectivity index (χ3n) is 6.94. The van der Waals surface area contributed by atoms with E-state index in [-0.39, 0.29) is 0 Å². The van der Waals surface area contributed by atoms with Crippen molar-refractivity contribution in [1.82, 2.24) is 19.4 Å². The highest BCUT2D eigenvalue weighted by molar-refractivity contribution is 6.02. The Labute approximate surface area is 206 Å². The Balaban J connectivity index is 1.39. The Bertz CT molecular complexity index is 1430. The highest BCUT2D eigenvalue weighted by Gasteiger charge is 2.24. The van der Waals surface area contributed by atoms with Crippen molar-refractivity contribution in [3.63, 3.8) is 0 Å². The zero-order valence-corrected chi connectivity index (χ0v) is 20.0. The van der Waals surface area contributed by atoms with Gasteiger partial charge in [0.1, 0.15) is 12.1 Å². The Hall–Kier alpha value is -3.96. The van der Waals surface area contributed by atoms with Gasteiger partial charge in [0.25, 0.3) is 0 Å². The molecule has 1 fully saturated rings. The number of aryl methyl sites for hydroxylation is 1. The summed E-state index contributed by atoms with van der Waals surface area (Å²) in [5, 5.41) is 1.12. The Morgan fingerprint density at radius 3 is 2.17 bits per heavy atom. The molecule has 35 heavy (non-hydrogen) atoms. The summed E-state index contributed by atoms with van der Waals surface area (Å²) in [6, 6.07) is 29.8.